The van der Waals surface area contributed by atoms with Crippen molar-refractivity contribution in [2.75, 3.05) is 19.6 Å². The Morgan fingerprint density at radius 2 is 1.91 bits per heavy atom. The molecule has 0 saturated carbocycles. The number of benzene rings is 1. The van der Waals surface area contributed by atoms with Crippen LogP contribution in [0, 0.1) is 5.92 Å². The molecular weight excluding hydrogens is 312 g/mol. The fraction of sp³-hybridized carbons (Fsp3) is 0.438. The van der Waals surface area contributed by atoms with Crippen molar-refractivity contribution in [2.45, 2.75) is 24.3 Å². The van der Waals surface area contributed by atoms with Gasteiger partial charge in [0.2, 0.25) is 10.0 Å². The summed E-state index contributed by atoms with van der Waals surface area (Å²) in [6.07, 6.45) is 3.52. The highest BCUT2D eigenvalue weighted by molar-refractivity contribution is 7.89. The quantitative estimate of drug-likeness (QED) is 0.841. The summed E-state index contributed by atoms with van der Waals surface area (Å²) in [7, 11) is -3.34. The minimum Gasteiger partial charge on any atom is -0.311 e. The van der Waals surface area contributed by atoms with Crippen LogP contribution in [0.5, 0.6) is 0 Å². The maximum Gasteiger partial charge on any atom is 0.243 e. The smallest absolute Gasteiger partial charge is 0.243 e. The molecule has 0 spiro atoms. The van der Waals surface area contributed by atoms with Crippen LogP contribution in [-0.4, -0.2) is 42.6 Å². The van der Waals surface area contributed by atoms with Crippen molar-refractivity contribution in [3.63, 3.8) is 0 Å². The first-order valence-corrected chi connectivity index (χ1v) is 9.34. The van der Waals surface area contributed by atoms with Gasteiger partial charge in [-0.05, 0) is 43.5 Å². The zero-order valence-corrected chi connectivity index (χ0v) is 13.8. The van der Waals surface area contributed by atoms with E-state index >= 15 is 0 Å². The Bertz CT molecular complexity index is 693. The second-order valence-electron chi connectivity index (χ2n) is 5.87. The molecule has 0 radical (unpaired) electrons. The Kier molecular flexibility index (Phi) is 5.09. The van der Waals surface area contributed by atoms with E-state index in [0.717, 1.165) is 31.6 Å². The molecule has 7 heteroatoms. The molecule has 0 amide bonds. The Morgan fingerprint density at radius 1 is 1.17 bits per heavy atom. The van der Waals surface area contributed by atoms with Gasteiger partial charge < -0.3 is 5.32 Å². The summed E-state index contributed by atoms with van der Waals surface area (Å²) in [6.45, 7) is 2.85. The van der Waals surface area contributed by atoms with Crippen LogP contribution in [0.25, 0.3) is 0 Å². The molecule has 0 atom stereocenters. The second-order valence-corrected chi connectivity index (χ2v) is 7.81. The lowest BCUT2D eigenvalue weighted by atomic mass is 9.98. The molecule has 23 heavy (non-hydrogen) atoms. The largest absolute Gasteiger partial charge is 0.311 e. The molecule has 0 unspecified atom stereocenters. The van der Waals surface area contributed by atoms with Gasteiger partial charge in [0.1, 0.15) is 0 Å². The van der Waals surface area contributed by atoms with Gasteiger partial charge in [-0.25, -0.2) is 8.42 Å². The zero-order chi connectivity index (χ0) is 16.1. The van der Waals surface area contributed by atoms with E-state index in [2.05, 4.69) is 15.5 Å². The van der Waals surface area contributed by atoms with Crippen LogP contribution in [0.3, 0.4) is 0 Å². The lowest BCUT2D eigenvalue weighted by Crippen LogP contribution is -2.40. The summed E-state index contributed by atoms with van der Waals surface area (Å²) < 4.78 is 26.7. The monoisotopic (exact) mass is 334 g/mol. The number of hydrogen-bond acceptors (Lipinski definition) is 4. The topological polar surface area (TPSA) is 78.1 Å². The molecule has 2 N–H and O–H groups in total. The van der Waals surface area contributed by atoms with Gasteiger partial charge in [-0.2, -0.15) is 9.40 Å². The van der Waals surface area contributed by atoms with Gasteiger partial charge in [-0.15, -0.1) is 0 Å². The predicted molar refractivity (Wildman–Crippen MR) is 88.2 cm³/mol. The van der Waals surface area contributed by atoms with E-state index in [1.807, 2.05) is 12.1 Å². The van der Waals surface area contributed by atoms with Crippen LogP contribution in [0.4, 0.5) is 0 Å². The zero-order valence-electron chi connectivity index (χ0n) is 13.0. The van der Waals surface area contributed by atoms with E-state index in [1.165, 1.54) is 0 Å². The Balaban J connectivity index is 1.48. The summed E-state index contributed by atoms with van der Waals surface area (Å²) in [5.74, 6) is 0.514. The molecule has 0 bridgehead atoms. The van der Waals surface area contributed by atoms with E-state index in [1.54, 1.807) is 34.8 Å². The first kappa shape index (κ1) is 16.2. The van der Waals surface area contributed by atoms with Crippen molar-refractivity contribution in [1.82, 2.24) is 19.8 Å². The highest BCUT2D eigenvalue weighted by atomic mass is 32.2. The van der Waals surface area contributed by atoms with Crippen LogP contribution in [0.15, 0.2) is 47.5 Å². The normalized spacial score (nSPS) is 17.4. The van der Waals surface area contributed by atoms with Crippen LogP contribution < -0.4 is 5.32 Å². The first-order valence-electron chi connectivity index (χ1n) is 7.90. The van der Waals surface area contributed by atoms with Crippen molar-refractivity contribution in [2.24, 2.45) is 5.92 Å². The number of hydrogen-bond donors (Lipinski definition) is 2. The average molecular weight is 334 g/mol. The lowest BCUT2D eigenvalue weighted by molar-refractivity contribution is 0.267. The average Bonchev–Trinajstić information content (AvgIpc) is 3.10. The van der Waals surface area contributed by atoms with Gasteiger partial charge in [0.05, 0.1) is 4.90 Å². The molecule has 1 aliphatic rings. The molecule has 1 aliphatic heterocycles. The van der Waals surface area contributed by atoms with Crippen molar-refractivity contribution in [3.05, 3.63) is 48.3 Å². The van der Waals surface area contributed by atoms with Gasteiger partial charge in [0, 0.05) is 31.5 Å². The number of nitrogens with one attached hydrogen (secondary N) is 2. The van der Waals surface area contributed by atoms with Crippen molar-refractivity contribution in [3.8, 4) is 0 Å². The van der Waals surface area contributed by atoms with E-state index < -0.39 is 10.0 Å². The fourth-order valence-electron chi connectivity index (χ4n) is 2.89. The third kappa shape index (κ3) is 3.99. The number of aromatic nitrogens is 2. The molecule has 1 saturated heterocycles. The third-order valence-corrected chi connectivity index (χ3v) is 6.17. The molecule has 124 valence electrons. The number of aromatic amines is 1. The van der Waals surface area contributed by atoms with Crippen molar-refractivity contribution >= 4 is 10.0 Å². The summed E-state index contributed by atoms with van der Waals surface area (Å²) in [4.78, 5) is 0.385. The molecule has 2 heterocycles. The Morgan fingerprint density at radius 3 is 2.57 bits per heavy atom. The molecule has 1 fully saturated rings. The SMILES string of the molecule is O=S(=O)(c1ccccc1)N1CCC(CNCc2ccn[nH]2)CC1. The van der Waals surface area contributed by atoms with E-state index in [9.17, 15) is 8.42 Å². The molecule has 3 rings (SSSR count). The summed E-state index contributed by atoms with van der Waals surface area (Å²) in [5.41, 5.74) is 1.06. The van der Waals surface area contributed by atoms with Crippen LogP contribution >= 0.6 is 0 Å². The number of sulfonamides is 1. The molecule has 1 aromatic carbocycles. The van der Waals surface area contributed by atoms with Gasteiger partial charge in [-0.1, -0.05) is 18.2 Å². The van der Waals surface area contributed by atoms with Crippen molar-refractivity contribution in [1.29, 1.82) is 0 Å². The highest BCUT2D eigenvalue weighted by Crippen LogP contribution is 2.23. The van der Waals surface area contributed by atoms with E-state index in [-0.39, 0.29) is 0 Å². The van der Waals surface area contributed by atoms with Crippen LogP contribution in [-0.2, 0) is 16.6 Å². The summed E-state index contributed by atoms with van der Waals surface area (Å²) >= 11 is 0. The summed E-state index contributed by atoms with van der Waals surface area (Å²) in [6, 6.07) is 10.6. The maximum absolute atomic E-state index is 12.6. The highest BCUT2D eigenvalue weighted by Gasteiger charge is 2.28. The predicted octanol–water partition coefficient (Wildman–Crippen LogP) is 1.60. The molecule has 1 aromatic heterocycles. The second kappa shape index (κ2) is 7.25. The van der Waals surface area contributed by atoms with Gasteiger partial charge in [0.25, 0.3) is 0 Å². The third-order valence-electron chi connectivity index (χ3n) is 4.26. The minimum absolute atomic E-state index is 0.385. The molecular formula is C16H22N4O2S. The summed E-state index contributed by atoms with van der Waals surface area (Å²) in [5, 5.41) is 10.2. The number of rotatable bonds is 6. The Hall–Kier alpha value is -1.70. The molecule has 0 aliphatic carbocycles. The van der Waals surface area contributed by atoms with Gasteiger partial charge in [-0.3, -0.25) is 5.10 Å². The number of nitrogens with zero attached hydrogens (tertiary/aromatic N) is 2. The number of H-pyrrole nitrogens is 1. The molecule has 6 nitrogen and oxygen atoms in total. The minimum atomic E-state index is -3.34. The van der Waals surface area contributed by atoms with E-state index in [0.29, 0.717) is 23.9 Å². The standard InChI is InChI=1S/C16H22N4O2S/c21-23(22,16-4-2-1-3-5-16)20-10-7-14(8-11-20)12-17-13-15-6-9-18-19-15/h1-6,9,14,17H,7-8,10-13H2,(H,18,19). The van der Waals surface area contributed by atoms with E-state index in [4.69, 9.17) is 0 Å². The maximum atomic E-state index is 12.6. The molecule has 2 aromatic rings. The Labute approximate surface area is 137 Å². The first-order chi connectivity index (χ1) is 11.2. The van der Waals surface area contributed by atoms with Gasteiger partial charge in [0.15, 0.2) is 0 Å². The lowest BCUT2D eigenvalue weighted by Gasteiger charge is -2.31. The van der Waals surface area contributed by atoms with Crippen molar-refractivity contribution < 1.29 is 8.42 Å². The van der Waals surface area contributed by atoms with Crippen LogP contribution in [0.1, 0.15) is 18.5 Å². The van der Waals surface area contributed by atoms with Crippen LogP contribution in [0.2, 0.25) is 0 Å². The fourth-order valence-corrected chi connectivity index (χ4v) is 4.38. The number of piperidine rings is 1. The van der Waals surface area contributed by atoms with Gasteiger partial charge >= 0.3 is 0 Å².